The summed E-state index contributed by atoms with van der Waals surface area (Å²) in [5.41, 5.74) is 4.41. The molecule has 1 heterocycles. The highest BCUT2D eigenvalue weighted by molar-refractivity contribution is 5.58. The van der Waals surface area contributed by atoms with Gasteiger partial charge in [-0.05, 0) is 29.6 Å². The quantitative estimate of drug-likeness (QED) is 0.509. The molecule has 56 valence electrons. The van der Waals surface area contributed by atoms with Gasteiger partial charge in [0.2, 0.25) is 0 Å². The van der Waals surface area contributed by atoms with E-state index in [0.29, 0.717) is 0 Å². The van der Waals surface area contributed by atoms with Crippen molar-refractivity contribution in [2.24, 2.45) is 0 Å². The van der Waals surface area contributed by atoms with E-state index in [1.165, 1.54) is 35.3 Å². The fraction of sp³-hybridized carbons (Fsp3) is 0.400. The Labute approximate surface area is 66.1 Å². The smallest absolute Gasteiger partial charge is 0.126 e. The predicted octanol–water partition coefficient (Wildman–Crippen LogP) is 2.32. The molecule has 0 atom stereocenters. The van der Waals surface area contributed by atoms with E-state index in [1.807, 2.05) is 0 Å². The number of fused-ring (bicyclic) bond motifs is 3. The minimum absolute atomic E-state index is 0.920. The second-order valence-corrected chi connectivity index (χ2v) is 3.32. The fourth-order valence-corrected chi connectivity index (χ4v) is 2.10. The van der Waals surface area contributed by atoms with Crippen molar-refractivity contribution in [1.29, 1.82) is 0 Å². The lowest BCUT2D eigenvalue weighted by molar-refractivity contribution is 0.193. The zero-order chi connectivity index (χ0) is 7.26. The van der Waals surface area contributed by atoms with Crippen LogP contribution in [0.5, 0.6) is 0 Å². The van der Waals surface area contributed by atoms with Crippen LogP contribution in [0, 0.1) is 0 Å². The minimum Gasteiger partial charge on any atom is -0.493 e. The first-order valence-corrected chi connectivity index (χ1v) is 4.21. The predicted molar refractivity (Wildman–Crippen MR) is 43.0 cm³/mol. The van der Waals surface area contributed by atoms with E-state index in [0.717, 1.165) is 13.0 Å². The summed E-state index contributed by atoms with van der Waals surface area (Å²) in [7, 11) is 0. The molecule has 1 saturated heterocycles. The minimum atomic E-state index is 0.920. The second-order valence-electron chi connectivity index (χ2n) is 3.32. The van der Waals surface area contributed by atoms with E-state index in [9.17, 15) is 0 Å². The lowest BCUT2D eigenvalue weighted by atomic mass is 10.0. The summed E-state index contributed by atoms with van der Waals surface area (Å²) in [6, 6.07) is 0. The summed E-state index contributed by atoms with van der Waals surface area (Å²) in [5, 5.41) is 0. The van der Waals surface area contributed by atoms with Gasteiger partial charge >= 0.3 is 0 Å². The van der Waals surface area contributed by atoms with Crippen LogP contribution in [-0.2, 0) is 4.74 Å². The van der Waals surface area contributed by atoms with Crippen molar-refractivity contribution < 1.29 is 4.74 Å². The molecule has 0 aromatic carbocycles. The largest absolute Gasteiger partial charge is 0.493 e. The van der Waals surface area contributed by atoms with Gasteiger partial charge in [0.05, 0.1) is 6.61 Å². The summed E-state index contributed by atoms with van der Waals surface area (Å²) in [6.07, 6.45) is 8.01. The first-order valence-electron chi connectivity index (χ1n) is 4.21. The molecule has 0 unspecified atom stereocenters. The van der Waals surface area contributed by atoms with E-state index in [4.69, 9.17) is 4.74 Å². The van der Waals surface area contributed by atoms with Crippen LogP contribution in [0.2, 0.25) is 0 Å². The molecule has 0 radical (unpaired) electrons. The molecule has 1 nitrogen and oxygen atoms in total. The van der Waals surface area contributed by atoms with Crippen LogP contribution in [0.3, 0.4) is 0 Å². The maximum atomic E-state index is 5.61. The molecule has 3 rings (SSSR count). The topological polar surface area (TPSA) is 9.23 Å². The molecular formula is C10H10O. The summed E-state index contributed by atoms with van der Waals surface area (Å²) in [5.74, 6) is 1.22. The number of hydrogen-bond donors (Lipinski definition) is 0. The Morgan fingerprint density at radius 2 is 2.09 bits per heavy atom. The van der Waals surface area contributed by atoms with Gasteiger partial charge in [-0.15, -0.1) is 0 Å². The van der Waals surface area contributed by atoms with Gasteiger partial charge in [-0.25, -0.2) is 0 Å². The van der Waals surface area contributed by atoms with Crippen molar-refractivity contribution in [2.75, 3.05) is 6.61 Å². The van der Waals surface area contributed by atoms with E-state index in [2.05, 4.69) is 12.2 Å². The van der Waals surface area contributed by atoms with Crippen LogP contribution < -0.4 is 0 Å². The Balaban J connectivity index is 2.17. The number of ether oxygens (including phenoxy) is 1. The normalized spacial score (nSPS) is 26.2. The third kappa shape index (κ3) is 0.609. The molecule has 3 aliphatic rings. The van der Waals surface area contributed by atoms with Gasteiger partial charge in [-0.2, -0.15) is 0 Å². The van der Waals surface area contributed by atoms with Crippen molar-refractivity contribution in [3.8, 4) is 0 Å². The third-order valence-corrected chi connectivity index (χ3v) is 2.64. The molecule has 0 saturated carbocycles. The van der Waals surface area contributed by atoms with Crippen molar-refractivity contribution in [3.05, 3.63) is 34.6 Å². The first-order chi connectivity index (χ1) is 5.45. The average molecular weight is 146 g/mol. The maximum Gasteiger partial charge on any atom is 0.126 e. The van der Waals surface area contributed by atoms with E-state index in [-0.39, 0.29) is 0 Å². The molecule has 0 N–H and O–H groups in total. The van der Waals surface area contributed by atoms with E-state index >= 15 is 0 Å². The number of rotatable bonds is 0. The second kappa shape index (κ2) is 1.79. The Hall–Kier alpha value is -0.980. The fourth-order valence-electron chi connectivity index (χ4n) is 2.10. The van der Waals surface area contributed by atoms with Crippen LogP contribution in [0.4, 0.5) is 0 Å². The van der Waals surface area contributed by atoms with Gasteiger partial charge in [0.25, 0.3) is 0 Å². The average Bonchev–Trinajstić information content (AvgIpc) is 2.64. The van der Waals surface area contributed by atoms with Crippen LogP contribution in [-0.4, -0.2) is 6.61 Å². The van der Waals surface area contributed by atoms with Crippen molar-refractivity contribution >= 4 is 0 Å². The van der Waals surface area contributed by atoms with Crippen LogP contribution in [0.1, 0.15) is 19.3 Å². The molecule has 0 aromatic heterocycles. The Morgan fingerprint density at radius 1 is 1.18 bits per heavy atom. The number of allylic oxidation sites excluding steroid dienone is 5. The third-order valence-electron chi connectivity index (χ3n) is 2.64. The molecule has 2 aliphatic carbocycles. The Kier molecular flexibility index (Phi) is 0.916. The molecule has 1 heteroatoms. The van der Waals surface area contributed by atoms with Crippen LogP contribution >= 0.6 is 0 Å². The van der Waals surface area contributed by atoms with Gasteiger partial charge in [-0.3, -0.25) is 0 Å². The van der Waals surface area contributed by atoms with E-state index < -0.39 is 0 Å². The van der Waals surface area contributed by atoms with Gasteiger partial charge in [0.1, 0.15) is 5.76 Å². The Bertz CT molecular complexity index is 275. The molecule has 11 heavy (non-hydrogen) atoms. The summed E-state index contributed by atoms with van der Waals surface area (Å²) < 4.78 is 5.61. The molecule has 2 bridgehead atoms. The SMILES string of the molecule is C1=CC2=C3OCCCC3=C1C2. The summed E-state index contributed by atoms with van der Waals surface area (Å²) in [4.78, 5) is 0. The first kappa shape index (κ1) is 5.64. The summed E-state index contributed by atoms with van der Waals surface area (Å²) >= 11 is 0. The molecule has 1 fully saturated rings. The molecular weight excluding hydrogens is 136 g/mol. The van der Waals surface area contributed by atoms with Crippen molar-refractivity contribution in [2.45, 2.75) is 19.3 Å². The molecule has 0 amide bonds. The molecule has 1 aliphatic heterocycles. The monoisotopic (exact) mass is 146 g/mol. The van der Waals surface area contributed by atoms with Crippen molar-refractivity contribution in [3.63, 3.8) is 0 Å². The highest BCUT2D eigenvalue weighted by atomic mass is 16.5. The van der Waals surface area contributed by atoms with Gasteiger partial charge < -0.3 is 4.74 Å². The van der Waals surface area contributed by atoms with Gasteiger partial charge in [0.15, 0.2) is 0 Å². The standard InChI is InChI=1S/C10H10O/c1-2-9-7-3-4-8(6-7)10(9)11-5-1/h3-4H,1-2,5-6H2. The molecule has 0 aromatic rings. The zero-order valence-electron chi connectivity index (χ0n) is 6.39. The van der Waals surface area contributed by atoms with Gasteiger partial charge in [-0.1, -0.05) is 12.2 Å². The number of hydrogen-bond acceptors (Lipinski definition) is 1. The van der Waals surface area contributed by atoms with Crippen LogP contribution in [0.15, 0.2) is 34.6 Å². The highest BCUT2D eigenvalue weighted by Gasteiger charge is 2.28. The zero-order valence-corrected chi connectivity index (χ0v) is 6.39. The van der Waals surface area contributed by atoms with Gasteiger partial charge in [0, 0.05) is 6.42 Å². The molecule has 0 spiro atoms. The lowest BCUT2D eigenvalue weighted by Crippen LogP contribution is -2.06. The lowest BCUT2D eigenvalue weighted by Gasteiger charge is -2.19. The van der Waals surface area contributed by atoms with Crippen molar-refractivity contribution in [1.82, 2.24) is 0 Å². The summed E-state index contributed by atoms with van der Waals surface area (Å²) in [6.45, 7) is 0.920. The van der Waals surface area contributed by atoms with Crippen LogP contribution in [0.25, 0.3) is 0 Å². The highest BCUT2D eigenvalue weighted by Crippen LogP contribution is 2.43. The Morgan fingerprint density at radius 3 is 3.00 bits per heavy atom. The maximum absolute atomic E-state index is 5.61. The van der Waals surface area contributed by atoms with E-state index in [1.54, 1.807) is 0 Å².